The van der Waals surface area contributed by atoms with Crippen molar-refractivity contribution >= 4 is 74.1 Å². The molecule has 280 valence electrons. The molecular weight excluding hydrogens is 759 g/mol. The van der Waals surface area contributed by atoms with E-state index in [0.717, 1.165) is 31.7 Å². The SMILES string of the molecule is Cc1c(-c2cc(N3C(=O)C4CC5C(=CCC6C(=O)N(CCc7ccc(O)cc7)C(=O)C65)C(c5cc(Cl)ccc5O)C4(C)C3=O)n(C)n2)sc2ccc(Cl)cc12. The minimum atomic E-state index is -1.37. The topological polar surface area (TPSA) is 133 Å². The van der Waals surface area contributed by atoms with Crippen LogP contribution in [-0.2, 0) is 32.6 Å². The molecule has 3 fully saturated rings. The lowest BCUT2D eigenvalue weighted by Crippen LogP contribution is -2.49. The quantitative estimate of drug-likeness (QED) is 0.132. The van der Waals surface area contributed by atoms with Gasteiger partial charge in [0.25, 0.3) is 0 Å². The summed E-state index contributed by atoms with van der Waals surface area (Å²) in [5.74, 6) is -4.63. The fourth-order valence-electron chi connectivity index (χ4n) is 9.74. The van der Waals surface area contributed by atoms with E-state index in [1.807, 2.05) is 31.2 Å². The van der Waals surface area contributed by atoms with Crippen LogP contribution in [0.25, 0.3) is 20.7 Å². The van der Waals surface area contributed by atoms with Gasteiger partial charge in [-0.2, -0.15) is 5.10 Å². The number of nitrogens with zero attached hydrogens (tertiary/aromatic N) is 4. The van der Waals surface area contributed by atoms with Gasteiger partial charge in [-0.15, -0.1) is 11.3 Å². The van der Waals surface area contributed by atoms with Crippen LogP contribution in [0.4, 0.5) is 5.82 Å². The maximum absolute atomic E-state index is 15.1. The molecular formula is C42H36Cl2N4O6S. The highest BCUT2D eigenvalue weighted by molar-refractivity contribution is 7.22. The maximum atomic E-state index is 15.1. The molecule has 4 aliphatic rings. The number of benzene rings is 3. The van der Waals surface area contributed by atoms with E-state index in [1.54, 1.807) is 72.5 Å². The lowest BCUT2D eigenvalue weighted by Gasteiger charge is -2.49. The molecule has 10 nitrogen and oxygen atoms in total. The van der Waals surface area contributed by atoms with E-state index in [9.17, 15) is 24.6 Å². The van der Waals surface area contributed by atoms with Crippen molar-refractivity contribution in [3.8, 4) is 22.1 Å². The average Bonchev–Trinajstić information content (AvgIpc) is 3.82. The minimum absolute atomic E-state index is 0.0794. The number of carbonyl (C=O) groups is 4. The monoisotopic (exact) mass is 794 g/mol. The Bertz CT molecular complexity index is 2530. The number of hydrogen-bond acceptors (Lipinski definition) is 8. The van der Waals surface area contributed by atoms with Crippen LogP contribution in [-0.4, -0.2) is 55.1 Å². The van der Waals surface area contributed by atoms with E-state index in [-0.39, 0.29) is 42.7 Å². The number of halogens is 2. The van der Waals surface area contributed by atoms with Gasteiger partial charge < -0.3 is 10.2 Å². The van der Waals surface area contributed by atoms with E-state index in [1.165, 1.54) is 15.9 Å². The average molecular weight is 796 g/mol. The van der Waals surface area contributed by atoms with E-state index in [0.29, 0.717) is 33.5 Å². The van der Waals surface area contributed by atoms with Crippen molar-refractivity contribution in [2.24, 2.45) is 36.1 Å². The molecule has 6 unspecified atom stereocenters. The Hall–Kier alpha value is -4.97. The van der Waals surface area contributed by atoms with Crippen LogP contribution in [0.3, 0.4) is 0 Å². The van der Waals surface area contributed by atoms with Crippen molar-refractivity contribution in [2.75, 3.05) is 11.4 Å². The Balaban J connectivity index is 1.11. The van der Waals surface area contributed by atoms with Crippen LogP contribution in [0.1, 0.15) is 42.4 Å². The summed E-state index contributed by atoms with van der Waals surface area (Å²) in [6.45, 7) is 3.95. The maximum Gasteiger partial charge on any atom is 0.242 e. The molecule has 1 saturated carbocycles. The first-order valence-corrected chi connectivity index (χ1v) is 19.8. The highest BCUT2D eigenvalue weighted by Gasteiger charge is 2.68. The number of anilines is 1. The number of thiophene rings is 1. The highest BCUT2D eigenvalue weighted by atomic mass is 35.5. The zero-order valence-corrected chi connectivity index (χ0v) is 32.5. The second-order valence-electron chi connectivity index (χ2n) is 15.3. The first-order valence-electron chi connectivity index (χ1n) is 18.2. The van der Waals surface area contributed by atoms with Crippen LogP contribution in [0.5, 0.6) is 11.5 Å². The first-order chi connectivity index (χ1) is 26.3. The van der Waals surface area contributed by atoms with Gasteiger partial charge in [0.15, 0.2) is 0 Å². The third kappa shape index (κ3) is 5.30. The number of amides is 4. The predicted octanol–water partition coefficient (Wildman–Crippen LogP) is 7.80. The van der Waals surface area contributed by atoms with Gasteiger partial charge in [-0.05, 0) is 104 Å². The van der Waals surface area contributed by atoms with Crippen molar-refractivity contribution in [3.05, 3.63) is 105 Å². The summed E-state index contributed by atoms with van der Waals surface area (Å²) >= 11 is 14.4. The predicted molar refractivity (Wildman–Crippen MR) is 210 cm³/mol. The first kappa shape index (κ1) is 35.7. The van der Waals surface area contributed by atoms with Crippen molar-refractivity contribution < 1.29 is 29.4 Å². The van der Waals surface area contributed by atoms with Crippen LogP contribution in [0.2, 0.25) is 10.0 Å². The van der Waals surface area contributed by atoms with Gasteiger partial charge in [-0.3, -0.25) is 28.8 Å². The number of hydrogen-bond donors (Lipinski definition) is 2. The number of phenolic OH excluding ortho intramolecular Hbond substituents is 2. The molecule has 3 aromatic carbocycles. The van der Waals surface area contributed by atoms with Gasteiger partial charge in [-0.25, -0.2) is 4.90 Å². The molecule has 9 rings (SSSR count). The minimum Gasteiger partial charge on any atom is -0.508 e. The largest absolute Gasteiger partial charge is 0.508 e. The van der Waals surface area contributed by atoms with Gasteiger partial charge in [0.05, 0.1) is 28.0 Å². The molecule has 5 aromatic rings. The van der Waals surface area contributed by atoms with Crippen molar-refractivity contribution in [1.29, 1.82) is 0 Å². The van der Waals surface area contributed by atoms with Gasteiger partial charge in [0.1, 0.15) is 23.0 Å². The van der Waals surface area contributed by atoms with E-state index in [2.05, 4.69) is 0 Å². The van der Waals surface area contributed by atoms with Gasteiger partial charge in [0, 0.05) is 45.9 Å². The molecule has 2 saturated heterocycles. The number of likely N-dealkylation sites (tertiary alicyclic amines) is 1. The zero-order valence-electron chi connectivity index (χ0n) is 30.1. The number of phenols is 2. The normalized spacial score (nSPS) is 26.1. The van der Waals surface area contributed by atoms with Crippen molar-refractivity contribution in [3.63, 3.8) is 0 Å². The number of fused-ring (bicyclic) bond motifs is 5. The van der Waals surface area contributed by atoms with Gasteiger partial charge in [0.2, 0.25) is 23.6 Å². The second-order valence-corrected chi connectivity index (χ2v) is 17.2. The molecule has 55 heavy (non-hydrogen) atoms. The number of allylic oxidation sites excluding steroid dienone is 2. The van der Waals surface area contributed by atoms with Crippen LogP contribution >= 0.6 is 34.5 Å². The summed E-state index contributed by atoms with van der Waals surface area (Å²) < 4.78 is 2.58. The smallest absolute Gasteiger partial charge is 0.242 e. The molecule has 2 aliphatic heterocycles. The second kappa shape index (κ2) is 12.8. The number of aromatic nitrogens is 2. The molecule has 2 N–H and O–H groups in total. The van der Waals surface area contributed by atoms with E-state index >= 15 is 4.79 Å². The van der Waals surface area contributed by atoms with Crippen LogP contribution in [0.15, 0.2) is 78.4 Å². The van der Waals surface area contributed by atoms with Crippen molar-refractivity contribution in [2.45, 2.75) is 39.0 Å². The Kier molecular flexibility index (Phi) is 8.31. The Morgan fingerprint density at radius 2 is 1.64 bits per heavy atom. The molecule has 2 aliphatic carbocycles. The van der Waals surface area contributed by atoms with Crippen molar-refractivity contribution in [1.82, 2.24) is 14.7 Å². The summed E-state index contributed by atoms with van der Waals surface area (Å²) in [7, 11) is 1.70. The molecule has 4 heterocycles. The number of rotatable bonds is 6. The standard InChI is InChI=1S/C42H36Cl2N4O6S/c1-20-27-16-23(44)7-13-33(27)55-37(20)31-19-34(46(3)45-31)48-39(52)30-18-28-25(36(42(30,2)41(48)54)29-17-22(43)6-12-32(29)50)10-11-26-35(28)40(53)47(38(26)51)15-14-21-4-8-24(49)9-5-21/h4-10,12-13,16-17,19,26,28,30,35-36,49-50H,11,14-15,18H2,1-3H3. The summed E-state index contributed by atoms with van der Waals surface area (Å²) in [4.78, 5) is 61.6. The molecule has 2 aromatic heterocycles. The molecule has 4 amide bonds. The van der Waals surface area contributed by atoms with E-state index in [4.69, 9.17) is 28.3 Å². The molecule has 0 radical (unpaired) electrons. The Labute approximate surface area is 330 Å². The van der Waals surface area contributed by atoms with Gasteiger partial charge >= 0.3 is 0 Å². The lowest BCUT2D eigenvalue weighted by molar-refractivity contribution is -0.140. The molecule has 13 heteroatoms. The number of carbonyl (C=O) groups excluding carboxylic acids is 4. The number of aromatic hydroxyl groups is 2. The molecule has 0 spiro atoms. The summed E-state index contributed by atoms with van der Waals surface area (Å²) in [5.41, 5.74) is 2.25. The van der Waals surface area contributed by atoms with Crippen LogP contribution in [0, 0.1) is 36.0 Å². The Morgan fingerprint density at radius 3 is 2.40 bits per heavy atom. The molecule has 0 bridgehead atoms. The fourth-order valence-corrected chi connectivity index (χ4v) is 11.2. The lowest BCUT2D eigenvalue weighted by atomic mass is 9.51. The van der Waals surface area contributed by atoms with E-state index < -0.39 is 46.8 Å². The number of imide groups is 2. The summed E-state index contributed by atoms with van der Waals surface area (Å²) in [6.07, 6.45) is 2.83. The highest BCUT2D eigenvalue weighted by Crippen LogP contribution is 2.64. The summed E-state index contributed by atoms with van der Waals surface area (Å²) in [5, 5.41) is 27.8. The third-order valence-electron chi connectivity index (χ3n) is 12.4. The van der Waals surface area contributed by atoms with Crippen LogP contribution < -0.4 is 4.90 Å². The third-order valence-corrected chi connectivity index (χ3v) is 14.2. The fraction of sp³-hybridized carbons (Fsp3) is 0.310. The molecule has 6 atom stereocenters. The Morgan fingerprint density at radius 1 is 0.909 bits per heavy atom. The zero-order chi connectivity index (χ0) is 38.7. The summed E-state index contributed by atoms with van der Waals surface area (Å²) in [6, 6.07) is 18.8. The van der Waals surface area contributed by atoms with Gasteiger partial charge in [-0.1, -0.05) is 47.0 Å². The number of aryl methyl sites for hydroxylation is 2.